The molecule has 0 amide bonds. The Morgan fingerprint density at radius 3 is 1.88 bits per heavy atom. The SMILES string of the molecule is CC1=C(C)c2ccc(-c3[c-]c(-c4cc(-c5ccccc5)ccn4)cc(C(C)(C)C)c3)c3nc(-c4cc(C(C)(C)C)cc(C(C)(C)C)c4O)n(c23)-c2ccccc21.[Pt]. The summed E-state index contributed by atoms with van der Waals surface area (Å²) in [5.41, 5.74) is 17.1. The number of imidazole rings is 1. The number of aromatic nitrogens is 3. The second-order valence-corrected chi connectivity index (χ2v) is 18.6. The Morgan fingerprint density at radius 2 is 1.19 bits per heavy atom. The standard InChI is InChI=1S/C52H52N3O.Pt/c1-31-32(2)40-21-22-41(35-25-36(27-37(26-35)50(3,4)5)44-28-34(23-24-53-44)33-17-13-12-14-18-33)46-47(40)55(45-20-16-15-19-39(31)45)49(54-46)42-29-38(51(6,7)8)30-43(48(42)56)52(9,10)11;/h12-24,26-30,56H,1-11H3;/q-1;. The maximum Gasteiger partial charge on any atom is 0.148 e. The topological polar surface area (TPSA) is 50.9 Å². The first kappa shape index (κ1) is 40.2. The molecule has 0 atom stereocenters. The summed E-state index contributed by atoms with van der Waals surface area (Å²) >= 11 is 0. The van der Waals surface area contributed by atoms with E-state index in [9.17, 15) is 5.11 Å². The molecule has 0 bridgehead atoms. The number of allylic oxidation sites excluding steroid dienone is 2. The molecular weight excluding hydrogens is 878 g/mol. The fourth-order valence-corrected chi connectivity index (χ4v) is 7.99. The van der Waals surface area contributed by atoms with Crippen molar-refractivity contribution in [3.05, 3.63) is 143 Å². The molecule has 8 rings (SSSR count). The minimum atomic E-state index is -0.293. The zero-order valence-corrected chi connectivity index (χ0v) is 37.3. The van der Waals surface area contributed by atoms with Crippen molar-refractivity contribution in [2.45, 2.75) is 92.4 Å². The molecule has 292 valence electrons. The quantitative estimate of drug-likeness (QED) is 0.179. The van der Waals surface area contributed by atoms with Crippen LogP contribution in [0.2, 0.25) is 0 Å². The minimum Gasteiger partial charge on any atom is -0.507 e. The molecule has 3 heterocycles. The van der Waals surface area contributed by atoms with E-state index in [0.29, 0.717) is 0 Å². The molecule has 5 aromatic carbocycles. The molecule has 0 unspecified atom stereocenters. The summed E-state index contributed by atoms with van der Waals surface area (Å²) < 4.78 is 2.30. The number of nitrogens with zero attached hydrogens (tertiary/aromatic N) is 3. The van der Waals surface area contributed by atoms with Crippen molar-refractivity contribution >= 4 is 22.2 Å². The van der Waals surface area contributed by atoms with Crippen molar-refractivity contribution in [1.29, 1.82) is 0 Å². The molecule has 0 fully saturated rings. The monoisotopic (exact) mass is 929 g/mol. The van der Waals surface area contributed by atoms with Crippen LogP contribution in [-0.2, 0) is 37.3 Å². The van der Waals surface area contributed by atoms with Gasteiger partial charge < -0.3 is 5.11 Å². The van der Waals surface area contributed by atoms with Crippen LogP contribution in [0.4, 0.5) is 0 Å². The maximum atomic E-state index is 12.3. The maximum absolute atomic E-state index is 12.3. The average Bonchev–Trinajstić information content (AvgIpc) is 3.52. The van der Waals surface area contributed by atoms with Crippen molar-refractivity contribution in [2.75, 3.05) is 0 Å². The van der Waals surface area contributed by atoms with Crippen LogP contribution < -0.4 is 0 Å². The van der Waals surface area contributed by atoms with Gasteiger partial charge in [0.25, 0.3) is 0 Å². The summed E-state index contributed by atoms with van der Waals surface area (Å²) in [5.74, 6) is 0.999. The molecule has 0 aliphatic carbocycles. The largest absolute Gasteiger partial charge is 0.507 e. The predicted molar refractivity (Wildman–Crippen MR) is 235 cm³/mol. The van der Waals surface area contributed by atoms with Crippen molar-refractivity contribution in [1.82, 2.24) is 14.5 Å². The molecule has 1 N–H and O–H groups in total. The molecule has 0 radical (unpaired) electrons. The Hall–Kier alpha value is -5.05. The number of hydrogen-bond acceptors (Lipinski definition) is 3. The molecule has 0 saturated carbocycles. The summed E-state index contributed by atoms with van der Waals surface area (Å²) in [6, 6.07) is 40.4. The molecule has 4 nitrogen and oxygen atoms in total. The van der Waals surface area contributed by atoms with Crippen molar-refractivity contribution in [3.63, 3.8) is 0 Å². The number of pyridine rings is 1. The van der Waals surface area contributed by atoms with Gasteiger partial charge >= 0.3 is 0 Å². The molecule has 0 saturated heterocycles. The van der Waals surface area contributed by atoms with Gasteiger partial charge in [-0.15, -0.1) is 29.3 Å². The van der Waals surface area contributed by atoms with E-state index in [-0.39, 0.29) is 43.1 Å². The molecule has 0 spiro atoms. The predicted octanol–water partition coefficient (Wildman–Crippen LogP) is 13.7. The van der Waals surface area contributed by atoms with Gasteiger partial charge in [-0.1, -0.05) is 146 Å². The Kier molecular flexibility index (Phi) is 10.1. The van der Waals surface area contributed by atoms with E-state index in [1.54, 1.807) is 0 Å². The first-order valence-electron chi connectivity index (χ1n) is 19.7. The zero-order valence-electron chi connectivity index (χ0n) is 35.0. The van der Waals surface area contributed by atoms with Gasteiger partial charge in [0.15, 0.2) is 0 Å². The van der Waals surface area contributed by atoms with Gasteiger partial charge in [-0.05, 0) is 76.1 Å². The fraction of sp³-hybridized carbons (Fsp3) is 0.269. The number of para-hydroxylation sites is 1. The molecule has 5 heteroatoms. The number of rotatable bonds is 4. The summed E-state index contributed by atoms with van der Waals surface area (Å²) in [4.78, 5) is 10.5. The van der Waals surface area contributed by atoms with Gasteiger partial charge in [0.05, 0.1) is 22.3 Å². The van der Waals surface area contributed by atoms with Crippen LogP contribution in [-0.4, -0.2) is 19.6 Å². The van der Waals surface area contributed by atoms with Gasteiger partial charge in [-0.3, -0.25) is 9.55 Å². The van der Waals surface area contributed by atoms with Gasteiger partial charge in [0.2, 0.25) is 0 Å². The van der Waals surface area contributed by atoms with Crippen molar-refractivity contribution in [2.24, 2.45) is 0 Å². The van der Waals surface area contributed by atoms with Crippen LogP contribution in [0.1, 0.15) is 104 Å². The second-order valence-electron chi connectivity index (χ2n) is 18.6. The van der Waals surface area contributed by atoms with E-state index in [1.165, 1.54) is 16.7 Å². The number of phenolic OH excluding ortho intramolecular Hbond substituents is 1. The molecule has 7 aromatic rings. The third kappa shape index (κ3) is 7.12. The first-order valence-corrected chi connectivity index (χ1v) is 19.7. The Labute approximate surface area is 353 Å². The molecule has 57 heavy (non-hydrogen) atoms. The normalized spacial score (nSPS) is 13.0. The molecule has 1 aliphatic heterocycles. The van der Waals surface area contributed by atoms with E-state index in [4.69, 9.17) is 9.97 Å². The van der Waals surface area contributed by atoms with Crippen LogP contribution in [0.3, 0.4) is 0 Å². The summed E-state index contributed by atoms with van der Waals surface area (Å²) in [5, 5.41) is 12.3. The van der Waals surface area contributed by atoms with Gasteiger partial charge in [0.1, 0.15) is 11.6 Å². The van der Waals surface area contributed by atoms with Crippen LogP contribution in [0.5, 0.6) is 5.75 Å². The number of phenols is 1. The Balaban J connectivity index is 0.00000496. The van der Waals surface area contributed by atoms with Gasteiger partial charge in [-0.2, -0.15) is 0 Å². The molecular formula is C52H52N3OPt-. The zero-order chi connectivity index (χ0) is 39.9. The van der Waals surface area contributed by atoms with E-state index in [1.807, 2.05) is 12.3 Å². The van der Waals surface area contributed by atoms with Crippen LogP contribution in [0.15, 0.2) is 109 Å². The third-order valence-corrected chi connectivity index (χ3v) is 11.5. The Morgan fingerprint density at radius 1 is 0.579 bits per heavy atom. The van der Waals surface area contributed by atoms with Crippen LogP contribution in [0, 0.1) is 6.07 Å². The third-order valence-electron chi connectivity index (χ3n) is 11.5. The summed E-state index contributed by atoms with van der Waals surface area (Å²) in [6.45, 7) is 24.4. The van der Waals surface area contributed by atoms with Crippen molar-refractivity contribution < 1.29 is 26.2 Å². The number of benzene rings is 5. The molecule has 2 aromatic heterocycles. The van der Waals surface area contributed by atoms with Crippen molar-refractivity contribution in [3.8, 4) is 56.3 Å². The van der Waals surface area contributed by atoms with Gasteiger partial charge in [0, 0.05) is 49.6 Å². The number of aromatic hydroxyl groups is 1. The van der Waals surface area contributed by atoms with Crippen LogP contribution >= 0.6 is 0 Å². The van der Waals surface area contributed by atoms with E-state index < -0.39 is 0 Å². The average molecular weight is 930 g/mol. The van der Waals surface area contributed by atoms with E-state index in [2.05, 4.69) is 184 Å². The first-order chi connectivity index (χ1) is 26.4. The molecule has 1 aliphatic rings. The van der Waals surface area contributed by atoms with Crippen LogP contribution in [0.25, 0.3) is 72.8 Å². The fourth-order valence-electron chi connectivity index (χ4n) is 7.99. The van der Waals surface area contributed by atoms with E-state index >= 15 is 0 Å². The number of hydrogen-bond donors (Lipinski definition) is 1. The second kappa shape index (κ2) is 14.4. The van der Waals surface area contributed by atoms with E-state index in [0.717, 1.165) is 83.9 Å². The number of fused-ring (bicyclic) bond motifs is 2. The Bertz CT molecular complexity index is 2710. The minimum absolute atomic E-state index is 0. The smallest absolute Gasteiger partial charge is 0.148 e. The summed E-state index contributed by atoms with van der Waals surface area (Å²) in [6.07, 6.45) is 1.89. The van der Waals surface area contributed by atoms with Gasteiger partial charge in [-0.25, -0.2) is 4.98 Å². The summed E-state index contributed by atoms with van der Waals surface area (Å²) in [7, 11) is 0.